The predicted octanol–water partition coefficient (Wildman–Crippen LogP) is 3.50. The Bertz CT molecular complexity index is 1100. The summed E-state index contributed by atoms with van der Waals surface area (Å²) < 4.78 is 0. The van der Waals surface area contributed by atoms with Gasteiger partial charge in [-0.1, -0.05) is 12.1 Å². The minimum atomic E-state index is -0.871. The van der Waals surface area contributed by atoms with E-state index in [1.54, 1.807) is 18.3 Å². The van der Waals surface area contributed by atoms with Gasteiger partial charge in [-0.3, -0.25) is 9.59 Å². The lowest BCUT2D eigenvalue weighted by atomic mass is 10.1. The van der Waals surface area contributed by atoms with E-state index in [1.165, 1.54) is 0 Å². The van der Waals surface area contributed by atoms with Crippen molar-refractivity contribution in [2.24, 2.45) is 0 Å². The van der Waals surface area contributed by atoms with E-state index >= 15 is 0 Å². The Kier molecular flexibility index (Phi) is 5.85. The molecule has 3 aromatic rings. The molecule has 0 aliphatic carbocycles. The van der Waals surface area contributed by atoms with E-state index in [1.807, 2.05) is 47.9 Å². The molecule has 1 saturated heterocycles. The average molecular weight is 423 g/mol. The van der Waals surface area contributed by atoms with Crippen molar-refractivity contribution in [1.29, 1.82) is 0 Å². The summed E-state index contributed by atoms with van der Waals surface area (Å²) in [6.45, 7) is 3.34. The highest BCUT2D eigenvalue weighted by Gasteiger charge is 2.23. The van der Waals surface area contributed by atoms with Crippen LogP contribution in [0.15, 0.2) is 42.6 Å². The highest BCUT2D eigenvalue weighted by molar-refractivity contribution is 7.99. The number of hydrogen-bond acceptors (Lipinski definition) is 6. The molecule has 2 aromatic heterocycles. The van der Waals surface area contributed by atoms with Crippen LogP contribution < -0.4 is 5.32 Å². The topological polar surface area (TPSA) is 95.4 Å². The number of hydrogen-bond donors (Lipinski definition) is 2. The van der Waals surface area contributed by atoms with Crippen molar-refractivity contribution in [2.45, 2.75) is 13.3 Å². The zero-order valence-electron chi connectivity index (χ0n) is 16.6. The lowest BCUT2D eigenvalue weighted by Gasteiger charge is -2.27. The molecule has 30 heavy (non-hydrogen) atoms. The first kappa shape index (κ1) is 20.2. The quantitative estimate of drug-likeness (QED) is 0.650. The number of carbonyl (C=O) groups excluding carboxylic acids is 1. The minimum Gasteiger partial charge on any atom is -0.481 e. The number of aryl methyl sites for hydroxylation is 1. The Morgan fingerprint density at radius 3 is 2.57 bits per heavy atom. The standard InChI is InChI=1S/C22H22N4O3S/c1-14-2-7-17-20(25-16-5-3-15(4-6-16)12-19(27)28)18(13-23-21(17)24-14)22(29)26-8-10-30-11-9-26/h2-7,13H,8-12H2,1H3,(H,27,28)(H,23,24,25). The van der Waals surface area contributed by atoms with Gasteiger partial charge in [-0.25, -0.2) is 9.97 Å². The van der Waals surface area contributed by atoms with Crippen molar-refractivity contribution in [2.75, 3.05) is 29.9 Å². The van der Waals surface area contributed by atoms with Crippen molar-refractivity contribution < 1.29 is 14.7 Å². The average Bonchev–Trinajstić information content (AvgIpc) is 2.75. The normalized spacial score (nSPS) is 14.0. The lowest BCUT2D eigenvalue weighted by molar-refractivity contribution is -0.136. The first-order chi connectivity index (χ1) is 14.5. The molecule has 1 aromatic carbocycles. The summed E-state index contributed by atoms with van der Waals surface area (Å²) in [6, 6.07) is 11.0. The number of fused-ring (bicyclic) bond motifs is 1. The zero-order valence-corrected chi connectivity index (χ0v) is 17.4. The van der Waals surface area contributed by atoms with Crippen LogP contribution in [0.1, 0.15) is 21.6 Å². The Hall–Kier alpha value is -3.13. The van der Waals surface area contributed by atoms with Gasteiger partial charge in [0.15, 0.2) is 5.65 Å². The van der Waals surface area contributed by atoms with Crippen LogP contribution >= 0.6 is 11.8 Å². The van der Waals surface area contributed by atoms with Crippen molar-refractivity contribution in [3.8, 4) is 0 Å². The Labute approximate surface area is 178 Å². The van der Waals surface area contributed by atoms with E-state index in [4.69, 9.17) is 5.11 Å². The van der Waals surface area contributed by atoms with Crippen LogP contribution in [0.3, 0.4) is 0 Å². The summed E-state index contributed by atoms with van der Waals surface area (Å²) in [4.78, 5) is 35.0. The number of aromatic nitrogens is 2. The number of carboxylic acids is 1. The molecule has 1 aliphatic rings. The second kappa shape index (κ2) is 8.71. The highest BCUT2D eigenvalue weighted by atomic mass is 32.2. The number of amides is 1. The number of carbonyl (C=O) groups is 2. The molecular weight excluding hydrogens is 400 g/mol. The lowest BCUT2D eigenvalue weighted by Crippen LogP contribution is -2.38. The molecule has 3 heterocycles. The molecule has 154 valence electrons. The summed E-state index contributed by atoms with van der Waals surface area (Å²) >= 11 is 1.85. The number of nitrogens with zero attached hydrogens (tertiary/aromatic N) is 3. The van der Waals surface area contributed by atoms with E-state index in [-0.39, 0.29) is 12.3 Å². The van der Waals surface area contributed by atoms with Crippen LogP contribution in [0.25, 0.3) is 11.0 Å². The second-order valence-corrected chi connectivity index (χ2v) is 8.39. The number of aliphatic carboxylic acids is 1. The van der Waals surface area contributed by atoms with Gasteiger partial charge in [-0.2, -0.15) is 11.8 Å². The van der Waals surface area contributed by atoms with E-state index in [0.29, 0.717) is 22.5 Å². The van der Waals surface area contributed by atoms with E-state index in [0.717, 1.165) is 41.4 Å². The van der Waals surface area contributed by atoms with Gasteiger partial charge in [0.05, 0.1) is 17.7 Å². The molecule has 2 N–H and O–H groups in total. The van der Waals surface area contributed by atoms with Gasteiger partial charge >= 0.3 is 5.97 Å². The van der Waals surface area contributed by atoms with Gasteiger partial charge in [0.25, 0.3) is 5.91 Å². The fourth-order valence-corrected chi connectivity index (χ4v) is 4.33. The molecule has 0 spiro atoms. The number of anilines is 2. The maximum atomic E-state index is 13.2. The molecular formula is C22H22N4O3S. The summed E-state index contributed by atoms with van der Waals surface area (Å²) in [5.74, 6) is 0.947. The Balaban J connectivity index is 1.73. The molecule has 0 saturated carbocycles. The summed E-state index contributed by atoms with van der Waals surface area (Å²) in [6.07, 6.45) is 1.57. The van der Waals surface area contributed by atoms with Crippen LogP contribution in [-0.4, -0.2) is 56.4 Å². The third-order valence-electron chi connectivity index (χ3n) is 4.98. The van der Waals surface area contributed by atoms with Crippen molar-refractivity contribution >= 4 is 46.0 Å². The number of carboxylic acid groups (broad SMARTS) is 1. The number of pyridine rings is 2. The van der Waals surface area contributed by atoms with E-state index < -0.39 is 5.97 Å². The third-order valence-corrected chi connectivity index (χ3v) is 5.92. The molecule has 0 bridgehead atoms. The maximum absolute atomic E-state index is 13.2. The van der Waals surface area contributed by atoms with Crippen molar-refractivity contribution in [3.63, 3.8) is 0 Å². The van der Waals surface area contributed by atoms with Crippen LogP contribution in [-0.2, 0) is 11.2 Å². The smallest absolute Gasteiger partial charge is 0.307 e. The molecule has 8 heteroatoms. The van der Waals surface area contributed by atoms with Gasteiger partial charge in [0, 0.05) is 47.6 Å². The molecule has 0 atom stereocenters. The minimum absolute atomic E-state index is 0.0294. The molecule has 1 amide bonds. The highest BCUT2D eigenvalue weighted by Crippen LogP contribution is 2.30. The molecule has 1 fully saturated rings. The molecule has 0 unspecified atom stereocenters. The Morgan fingerprint density at radius 1 is 1.13 bits per heavy atom. The van der Waals surface area contributed by atoms with Gasteiger partial charge in [-0.15, -0.1) is 0 Å². The molecule has 0 radical (unpaired) electrons. The third kappa shape index (κ3) is 4.38. The van der Waals surface area contributed by atoms with Crippen LogP contribution in [0.5, 0.6) is 0 Å². The molecule has 7 nitrogen and oxygen atoms in total. The summed E-state index contributed by atoms with van der Waals surface area (Å²) in [5.41, 5.74) is 4.08. The van der Waals surface area contributed by atoms with Gasteiger partial charge in [0.1, 0.15) is 0 Å². The second-order valence-electron chi connectivity index (χ2n) is 7.17. The first-order valence-corrected chi connectivity index (χ1v) is 10.9. The van der Waals surface area contributed by atoms with E-state index in [9.17, 15) is 9.59 Å². The first-order valence-electron chi connectivity index (χ1n) is 9.72. The molecule has 4 rings (SSSR count). The fraction of sp³-hybridized carbons (Fsp3) is 0.273. The number of rotatable bonds is 5. The monoisotopic (exact) mass is 422 g/mol. The fourth-order valence-electron chi connectivity index (χ4n) is 3.43. The van der Waals surface area contributed by atoms with Crippen LogP contribution in [0, 0.1) is 6.92 Å². The largest absolute Gasteiger partial charge is 0.481 e. The summed E-state index contributed by atoms with van der Waals surface area (Å²) in [7, 11) is 0. The van der Waals surface area contributed by atoms with Gasteiger partial charge in [0.2, 0.25) is 0 Å². The molecule has 1 aliphatic heterocycles. The van der Waals surface area contributed by atoms with Gasteiger partial charge in [-0.05, 0) is 36.8 Å². The van der Waals surface area contributed by atoms with Crippen LogP contribution in [0.2, 0.25) is 0 Å². The van der Waals surface area contributed by atoms with Gasteiger partial charge < -0.3 is 15.3 Å². The van der Waals surface area contributed by atoms with Crippen molar-refractivity contribution in [3.05, 3.63) is 59.4 Å². The predicted molar refractivity (Wildman–Crippen MR) is 119 cm³/mol. The SMILES string of the molecule is Cc1ccc2c(Nc3ccc(CC(=O)O)cc3)c(C(=O)N3CCSCC3)cnc2n1. The number of benzene rings is 1. The summed E-state index contributed by atoms with van der Waals surface area (Å²) in [5, 5.41) is 13.1. The number of nitrogens with one attached hydrogen (secondary N) is 1. The Morgan fingerprint density at radius 2 is 1.87 bits per heavy atom. The van der Waals surface area contributed by atoms with E-state index in [2.05, 4.69) is 15.3 Å². The number of thioether (sulfide) groups is 1. The van der Waals surface area contributed by atoms with Crippen molar-refractivity contribution in [1.82, 2.24) is 14.9 Å². The zero-order chi connectivity index (χ0) is 21.1. The maximum Gasteiger partial charge on any atom is 0.307 e. The van der Waals surface area contributed by atoms with Crippen LogP contribution in [0.4, 0.5) is 11.4 Å².